The molecule has 148 valence electrons. The first-order chi connectivity index (χ1) is 12.7. The molecule has 0 saturated carbocycles. The Morgan fingerprint density at radius 3 is 2.26 bits per heavy atom. The highest BCUT2D eigenvalue weighted by Gasteiger charge is 2.10. The number of aromatic nitrogens is 1. The molecule has 2 aromatic rings. The van der Waals surface area contributed by atoms with Crippen LogP contribution in [0.3, 0.4) is 0 Å². The molecule has 0 fully saturated rings. The summed E-state index contributed by atoms with van der Waals surface area (Å²) in [6.07, 6.45) is 1.86. The maximum Gasteiger partial charge on any atom is 0.251 e. The van der Waals surface area contributed by atoms with Crippen LogP contribution in [0.5, 0.6) is 0 Å². The average Bonchev–Trinajstić information content (AvgIpc) is 2.58. The van der Waals surface area contributed by atoms with Crippen LogP contribution >= 0.6 is 0 Å². The molecule has 1 aromatic heterocycles. The normalized spacial score (nSPS) is 13.1. The molecule has 1 N–H and O–H groups in total. The fourth-order valence-corrected chi connectivity index (χ4v) is 2.97. The van der Waals surface area contributed by atoms with Crippen molar-refractivity contribution in [1.82, 2.24) is 9.88 Å². The maximum atomic E-state index is 12.4. The van der Waals surface area contributed by atoms with Gasteiger partial charge in [-0.15, -0.1) is 0 Å². The maximum absolute atomic E-state index is 12.4. The zero-order valence-corrected chi connectivity index (χ0v) is 17.6. The Hall–Kier alpha value is -1.91. The highest BCUT2D eigenvalue weighted by molar-refractivity contribution is 5.63. The second kappa shape index (κ2) is 9.34. The predicted molar refractivity (Wildman–Crippen MR) is 113 cm³/mol. The monoisotopic (exact) mass is 370 g/mol. The van der Waals surface area contributed by atoms with E-state index in [2.05, 4.69) is 71.1 Å². The van der Waals surface area contributed by atoms with Crippen LogP contribution in [-0.4, -0.2) is 23.8 Å². The van der Waals surface area contributed by atoms with E-state index in [1.165, 1.54) is 5.56 Å². The molecule has 0 radical (unpaired) electrons. The molecule has 0 spiro atoms. The van der Waals surface area contributed by atoms with E-state index in [1.54, 1.807) is 10.6 Å². The summed E-state index contributed by atoms with van der Waals surface area (Å²) >= 11 is 0. The van der Waals surface area contributed by atoms with Crippen molar-refractivity contribution >= 4 is 0 Å². The molecular weight excluding hydrogens is 336 g/mol. The standard InChI is InChI=1S/C23H34N2O2/c1-17(2)24-18(3)19-7-9-20(10-8-19)21-11-12-25(22(26)15-21)13-14-27-16-23(4,5)6/h7-12,15,17-18,24H,13-14,16H2,1-6H3. The van der Waals surface area contributed by atoms with E-state index in [4.69, 9.17) is 4.74 Å². The number of nitrogens with one attached hydrogen (secondary N) is 1. The molecule has 0 aliphatic carbocycles. The van der Waals surface area contributed by atoms with Gasteiger partial charge in [-0.05, 0) is 35.1 Å². The summed E-state index contributed by atoms with van der Waals surface area (Å²) < 4.78 is 7.37. The fourth-order valence-electron chi connectivity index (χ4n) is 2.97. The Morgan fingerprint density at radius 1 is 1.04 bits per heavy atom. The SMILES string of the molecule is CC(C)NC(C)c1ccc(-c2ccn(CCOCC(C)(C)C)c(=O)c2)cc1. The van der Waals surface area contributed by atoms with Gasteiger partial charge in [0.1, 0.15) is 0 Å². The summed E-state index contributed by atoms with van der Waals surface area (Å²) in [5.74, 6) is 0. The van der Waals surface area contributed by atoms with Crippen molar-refractivity contribution in [3.8, 4) is 11.1 Å². The van der Waals surface area contributed by atoms with Crippen LogP contribution in [0.25, 0.3) is 11.1 Å². The Bertz CT molecular complexity index is 770. The van der Waals surface area contributed by atoms with Gasteiger partial charge >= 0.3 is 0 Å². The molecule has 0 amide bonds. The molecule has 4 heteroatoms. The Morgan fingerprint density at radius 2 is 1.70 bits per heavy atom. The summed E-state index contributed by atoms with van der Waals surface area (Å²) in [5, 5.41) is 3.50. The van der Waals surface area contributed by atoms with Gasteiger partial charge < -0.3 is 14.6 Å². The lowest BCUT2D eigenvalue weighted by Gasteiger charge is -2.18. The first-order valence-electron chi connectivity index (χ1n) is 9.80. The van der Waals surface area contributed by atoms with Crippen molar-refractivity contribution in [2.24, 2.45) is 5.41 Å². The van der Waals surface area contributed by atoms with Crippen molar-refractivity contribution in [1.29, 1.82) is 0 Å². The van der Waals surface area contributed by atoms with Crippen LogP contribution in [0, 0.1) is 5.41 Å². The molecule has 0 aliphatic rings. The molecule has 1 heterocycles. The minimum atomic E-state index is 0.00535. The molecule has 0 bridgehead atoms. The van der Waals surface area contributed by atoms with Crippen LogP contribution in [0.15, 0.2) is 47.4 Å². The second-order valence-corrected chi connectivity index (χ2v) is 8.73. The van der Waals surface area contributed by atoms with Crippen LogP contribution in [-0.2, 0) is 11.3 Å². The van der Waals surface area contributed by atoms with E-state index in [0.29, 0.717) is 31.8 Å². The first-order valence-corrected chi connectivity index (χ1v) is 9.80. The van der Waals surface area contributed by atoms with Crippen LogP contribution in [0.1, 0.15) is 53.1 Å². The van der Waals surface area contributed by atoms with Crippen molar-refractivity contribution in [2.45, 2.75) is 60.2 Å². The lowest BCUT2D eigenvalue weighted by molar-refractivity contribution is 0.0657. The third-order valence-electron chi connectivity index (χ3n) is 4.34. The van der Waals surface area contributed by atoms with Gasteiger partial charge in [0.25, 0.3) is 5.56 Å². The molecule has 2 rings (SSSR count). The third-order valence-corrected chi connectivity index (χ3v) is 4.34. The van der Waals surface area contributed by atoms with Crippen molar-refractivity contribution in [3.63, 3.8) is 0 Å². The quantitative estimate of drug-likeness (QED) is 0.689. The zero-order chi connectivity index (χ0) is 20.0. The highest BCUT2D eigenvalue weighted by Crippen LogP contribution is 2.21. The lowest BCUT2D eigenvalue weighted by Crippen LogP contribution is -2.25. The number of nitrogens with zero attached hydrogens (tertiary/aromatic N) is 1. The van der Waals surface area contributed by atoms with E-state index in [0.717, 1.165) is 11.1 Å². The fraction of sp³-hybridized carbons (Fsp3) is 0.522. The number of ether oxygens (including phenoxy) is 1. The van der Waals surface area contributed by atoms with Crippen molar-refractivity contribution < 1.29 is 4.74 Å². The highest BCUT2D eigenvalue weighted by atomic mass is 16.5. The Balaban J connectivity index is 2.01. The van der Waals surface area contributed by atoms with Gasteiger partial charge in [-0.3, -0.25) is 4.79 Å². The number of hydrogen-bond acceptors (Lipinski definition) is 3. The zero-order valence-electron chi connectivity index (χ0n) is 17.6. The molecular formula is C23H34N2O2. The van der Waals surface area contributed by atoms with Gasteiger partial charge in [0.15, 0.2) is 0 Å². The van der Waals surface area contributed by atoms with Crippen LogP contribution in [0.4, 0.5) is 0 Å². The largest absolute Gasteiger partial charge is 0.379 e. The smallest absolute Gasteiger partial charge is 0.251 e. The first kappa shape index (κ1) is 21.4. The minimum Gasteiger partial charge on any atom is -0.379 e. The topological polar surface area (TPSA) is 43.3 Å². The van der Waals surface area contributed by atoms with Crippen LogP contribution < -0.4 is 10.9 Å². The van der Waals surface area contributed by atoms with E-state index in [-0.39, 0.29) is 11.0 Å². The van der Waals surface area contributed by atoms with E-state index in [1.807, 2.05) is 12.3 Å². The van der Waals surface area contributed by atoms with E-state index in [9.17, 15) is 4.79 Å². The number of hydrogen-bond donors (Lipinski definition) is 1. The van der Waals surface area contributed by atoms with Crippen LogP contribution in [0.2, 0.25) is 0 Å². The summed E-state index contributed by atoms with van der Waals surface area (Å²) in [4.78, 5) is 12.4. The van der Waals surface area contributed by atoms with Gasteiger partial charge in [0.05, 0.1) is 13.2 Å². The molecule has 1 aromatic carbocycles. The van der Waals surface area contributed by atoms with E-state index < -0.39 is 0 Å². The van der Waals surface area contributed by atoms with Gasteiger partial charge in [-0.1, -0.05) is 58.9 Å². The molecule has 1 unspecified atom stereocenters. The van der Waals surface area contributed by atoms with Crippen molar-refractivity contribution in [2.75, 3.05) is 13.2 Å². The molecule has 1 atom stereocenters. The molecule has 4 nitrogen and oxygen atoms in total. The van der Waals surface area contributed by atoms with Gasteiger partial charge in [-0.25, -0.2) is 0 Å². The summed E-state index contributed by atoms with van der Waals surface area (Å²) in [6, 6.07) is 12.9. The van der Waals surface area contributed by atoms with Gasteiger partial charge in [-0.2, -0.15) is 0 Å². The van der Waals surface area contributed by atoms with Gasteiger partial charge in [0, 0.05) is 30.9 Å². The third kappa shape index (κ3) is 6.96. The summed E-state index contributed by atoms with van der Waals surface area (Å²) in [7, 11) is 0. The Kier molecular flexibility index (Phi) is 7.40. The summed E-state index contributed by atoms with van der Waals surface area (Å²) in [6.45, 7) is 14.7. The predicted octanol–water partition coefficient (Wildman–Crippen LogP) is 4.64. The minimum absolute atomic E-state index is 0.00535. The molecule has 27 heavy (non-hydrogen) atoms. The van der Waals surface area contributed by atoms with Crippen molar-refractivity contribution in [3.05, 3.63) is 58.5 Å². The average molecular weight is 371 g/mol. The lowest BCUT2D eigenvalue weighted by atomic mass is 9.99. The summed E-state index contributed by atoms with van der Waals surface area (Å²) in [5.41, 5.74) is 3.40. The number of benzene rings is 1. The Labute approximate surface area is 163 Å². The second-order valence-electron chi connectivity index (χ2n) is 8.73. The van der Waals surface area contributed by atoms with E-state index >= 15 is 0 Å². The van der Waals surface area contributed by atoms with Gasteiger partial charge in [0.2, 0.25) is 0 Å². The number of rotatable bonds is 8. The molecule has 0 saturated heterocycles. The number of pyridine rings is 1. The molecule has 0 aliphatic heterocycles.